The van der Waals surface area contributed by atoms with Gasteiger partial charge in [-0.15, -0.1) is 0 Å². The molecule has 0 heterocycles. The van der Waals surface area contributed by atoms with E-state index in [1.807, 2.05) is 44.2 Å². The van der Waals surface area contributed by atoms with E-state index in [2.05, 4.69) is 28.2 Å². The zero-order chi connectivity index (χ0) is 19.1. The molecule has 0 saturated heterocycles. The molecule has 140 valence electrons. The first kappa shape index (κ1) is 20.6. The number of ether oxygens (including phenoxy) is 2. The van der Waals surface area contributed by atoms with Crippen molar-refractivity contribution in [2.75, 3.05) is 18.5 Å². The Kier molecular flexibility index (Phi) is 7.79. The lowest BCUT2D eigenvalue weighted by Gasteiger charge is -2.13. The molecule has 2 aromatic carbocycles. The van der Waals surface area contributed by atoms with Gasteiger partial charge in [-0.25, -0.2) is 0 Å². The minimum Gasteiger partial charge on any atom is -0.494 e. The summed E-state index contributed by atoms with van der Waals surface area (Å²) >= 11 is 9.66. The van der Waals surface area contributed by atoms with Crippen molar-refractivity contribution in [1.29, 1.82) is 0 Å². The fourth-order valence-electron chi connectivity index (χ4n) is 2.31. The maximum absolute atomic E-state index is 12.1. The lowest BCUT2D eigenvalue weighted by molar-refractivity contribution is -0.118. The Morgan fingerprint density at radius 2 is 1.88 bits per heavy atom. The van der Waals surface area contributed by atoms with Crippen LogP contribution in [-0.2, 0) is 4.79 Å². The summed E-state index contributed by atoms with van der Waals surface area (Å²) in [5, 5.41) is 3.50. The van der Waals surface area contributed by atoms with Gasteiger partial charge in [0.25, 0.3) is 5.91 Å². The molecule has 0 aliphatic heterocycles. The van der Waals surface area contributed by atoms with E-state index in [1.54, 1.807) is 0 Å². The second-order valence-corrected chi connectivity index (χ2v) is 7.18. The van der Waals surface area contributed by atoms with Gasteiger partial charge in [-0.1, -0.05) is 24.9 Å². The van der Waals surface area contributed by atoms with E-state index in [4.69, 9.17) is 21.1 Å². The van der Waals surface area contributed by atoms with Crippen molar-refractivity contribution < 1.29 is 14.3 Å². The highest BCUT2D eigenvalue weighted by molar-refractivity contribution is 9.10. The molecule has 6 heteroatoms. The molecule has 0 radical (unpaired) electrons. The maximum Gasteiger partial charge on any atom is 0.262 e. The molecule has 0 spiro atoms. The van der Waals surface area contributed by atoms with Crippen molar-refractivity contribution in [3.8, 4) is 11.5 Å². The molecule has 2 rings (SSSR count). The SMILES string of the molecule is CCCCOc1ccc(NC(=O)COc2cc(C)c(Cl)c(C)c2Br)cc1. The molecule has 4 nitrogen and oxygen atoms in total. The minimum atomic E-state index is -0.234. The third-order valence-corrected chi connectivity index (χ3v) is 5.40. The zero-order valence-electron chi connectivity index (χ0n) is 15.2. The number of unbranched alkanes of at least 4 members (excludes halogenated alkanes) is 1. The standard InChI is InChI=1S/C20H23BrClNO3/c1-4-5-10-25-16-8-6-15(7-9-16)23-18(24)12-26-17-11-13(2)20(22)14(3)19(17)21/h6-9,11H,4-5,10,12H2,1-3H3,(H,23,24). The highest BCUT2D eigenvalue weighted by Crippen LogP contribution is 2.35. The van der Waals surface area contributed by atoms with Crippen LogP contribution in [0.5, 0.6) is 11.5 Å². The van der Waals surface area contributed by atoms with Gasteiger partial charge in [0.05, 0.1) is 11.1 Å². The lowest BCUT2D eigenvalue weighted by Crippen LogP contribution is -2.20. The number of aryl methyl sites for hydroxylation is 1. The number of anilines is 1. The second-order valence-electron chi connectivity index (χ2n) is 6.01. The molecular formula is C20H23BrClNO3. The lowest BCUT2D eigenvalue weighted by atomic mass is 10.1. The fraction of sp³-hybridized carbons (Fsp3) is 0.350. The van der Waals surface area contributed by atoms with E-state index >= 15 is 0 Å². The average Bonchev–Trinajstić information content (AvgIpc) is 2.63. The summed E-state index contributed by atoms with van der Waals surface area (Å²) < 4.78 is 12.0. The number of amides is 1. The van der Waals surface area contributed by atoms with Gasteiger partial charge in [0.2, 0.25) is 0 Å². The zero-order valence-corrected chi connectivity index (χ0v) is 17.5. The quantitative estimate of drug-likeness (QED) is 0.519. The van der Waals surface area contributed by atoms with E-state index in [9.17, 15) is 4.79 Å². The first-order valence-corrected chi connectivity index (χ1v) is 9.70. The molecule has 0 aliphatic rings. The summed E-state index contributed by atoms with van der Waals surface area (Å²) in [6.45, 7) is 6.53. The van der Waals surface area contributed by atoms with Crippen molar-refractivity contribution in [3.05, 3.63) is 51.0 Å². The smallest absolute Gasteiger partial charge is 0.262 e. The number of carbonyl (C=O) groups excluding carboxylic acids is 1. The van der Waals surface area contributed by atoms with Crippen LogP contribution in [0.2, 0.25) is 5.02 Å². The Morgan fingerprint density at radius 1 is 1.19 bits per heavy atom. The Morgan fingerprint density at radius 3 is 2.54 bits per heavy atom. The van der Waals surface area contributed by atoms with Crippen LogP contribution >= 0.6 is 27.5 Å². The van der Waals surface area contributed by atoms with Crippen molar-refractivity contribution in [2.24, 2.45) is 0 Å². The van der Waals surface area contributed by atoms with Crippen LogP contribution in [0.25, 0.3) is 0 Å². The number of benzene rings is 2. The van der Waals surface area contributed by atoms with Gasteiger partial charge in [0.15, 0.2) is 6.61 Å². The van der Waals surface area contributed by atoms with Gasteiger partial charge in [0.1, 0.15) is 11.5 Å². The number of halogens is 2. The third-order valence-electron chi connectivity index (χ3n) is 3.83. The molecule has 0 unspecified atom stereocenters. The van der Waals surface area contributed by atoms with Crippen LogP contribution in [0.3, 0.4) is 0 Å². The molecule has 0 saturated carbocycles. The van der Waals surface area contributed by atoms with E-state index in [0.717, 1.165) is 34.2 Å². The largest absolute Gasteiger partial charge is 0.494 e. The normalized spacial score (nSPS) is 10.5. The van der Waals surface area contributed by atoms with Crippen molar-refractivity contribution in [2.45, 2.75) is 33.6 Å². The average molecular weight is 441 g/mol. The molecule has 0 aliphatic carbocycles. The van der Waals surface area contributed by atoms with Crippen LogP contribution < -0.4 is 14.8 Å². The van der Waals surface area contributed by atoms with Crippen molar-refractivity contribution in [3.63, 3.8) is 0 Å². The number of nitrogens with one attached hydrogen (secondary N) is 1. The van der Waals surface area contributed by atoms with Crippen LogP contribution in [0, 0.1) is 13.8 Å². The van der Waals surface area contributed by atoms with Gasteiger partial charge >= 0.3 is 0 Å². The summed E-state index contributed by atoms with van der Waals surface area (Å²) in [5.41, 5.74) is 2.49. The van der Waals surface area contributed by atoms with Crippen molar-refractivity contribution in [1.82, 2.24) is 0 Å². The summed E-state index contributed by atoms with van der Waals surface area (Å²) in [6, 6.07) is 9.12. The Hall–Kier alpha value is -1.72. The highest BCUT2D eigenvalue weighted by atomic mass is 79.9. The van der Waals surface area contributed by atoms with Crippen LogP contribution in [0.4, 0.5) is 5.69 Å². The van der Waals surface area contributed by atoms with Crippen LogP contribution in [0.1, 0.15) is 30.9 Å². The number of rotatable bonds is 8. The number of carbonyl (C=O) groups is 1. The summed E-state index contributed by atoms with van der Waals surface area (Å²) in [6.07, 6.45) is 2.12. The number of hydrogen-bond donors (Lipinski definition) is 1. The van der Waals surface area contributed by atoms with Gasteiger partial charge < -0.3 is 14.8 Å². The second kappa shape index (κ2) is 9.83. The van der Waals surface area contributed by atoms with Gasteiger partial charge in [-0.05, 0) is 77.7 Å². The molecule has 0 bridgehead atoms. The Balaban J connectivity index is 1.89. The van der Waals surface area contributed by atoms with E-state index in [0.29, 0.717) is 23.1 Å². The molecule has 1 N–H and O–H groups in total. The topological polar surface area (TPSA) is 47.6 Å². The van der Waals surface area contributed by atoms with Gasteiger partial charge in [-0.3, -0.25) is 4.79 Å². The van der Waals surface area contributed by atoms with Crippen LogP contribution in [-0.4, -0.2) is 19.1 Å². The predicted molar refractivity (Wildman–Crippen MR) is 110 cm³/mol. The van der Waals surface area contributed by atoms with E-state index in [-0.39, 0.29) is 12.5 Å². The fourth-order valence-corrected chi connectivity index (χ4v) is 3.00. The molecule has 0 fully saturated rings. The molecular weight excluding hydrogens is 418 g/mol. The van der Waals surface area contributed by atoms with Gasteiger partial charge in [0, 0.05) is 10.7 Å². The molecule has 1 amide bonds. The first-order chi connectivity index (χ1) is 12.4. The summed E-state index contributed by atoms with van der Waals surface area (Å²) in [4.78, 5) is 12.1. The van der Waals surface area contributed by atoms with Crippen molar-refractivity contribution >= 4 is 39.1 Å². The van der Waals surface area contributed by atoms with E-state index < -0.39 is 0 Å². The Bertz CT molecular complexity index is 763. The van der Waals surface area contributed by atoms with Crippen LogP contribution in [0.15, 0.2) is 34.8 Å². The summed E-state index contributed by atoms with van der Waals surface area (Å²) in [5.74, 6) is 1.16. The molecule has 2 aromatic rings. The molecule has 0 atom stereocenters. The Labute approximate surface area is 168 Å². The molecule has 26 heavy (non-hydrogen) atoms. The molecule has 0 aromatic heterocycles. The highest BCUT2D eigenvalue weighted by Gasteiger charge is 2.12. The summed E-state index contributed by atoms with van der Waals surface area (Å²) in [7, 11) is 0. The third kappa shape index (κ3) is 5.64. The maximum atomic E-state index is 12.1. The predicted octanol–water partition coefficient (Wildman–Crippen LogP) is 5.92. The first-order valence-electron chi connectivity index (χ1n) is 8.53. The minimum absolute atomic E-state index is 0.0894. The van der Waals surface area contributed by atoms with E-state index in [1.165, 1.54) is 0 Å². The van der Waals surface area contributed by atoms with Gasteiger partial charge in [-0.2, -0.15) is 0 Å². The number of hydrogen-bond acceptors (Lipinski definition) is 3. The monoisotopic (exact) mass is 439 g/mol.